The molecule has 2 unspecified atom stereocenters. The van der Waals surface area contributed by atoms with Crippen molar-refractivity contribution in [2.75, 3.05) is 11.9 Å². The molecule has 2 aliphatic rings. The van der Waals surface area contributed by atoms with Crippen molar-refractivity contribution in [2.24, 2.45) is 11.8 Å². The van der Waals surface area contributed by atoms with E-state index >= 15 is 0 Å². The van der Waals surface area contributed by atoms with Crippen LogP contribution < -0.4 is 10.6 Å². The summed E-state index contributed by atoms with van der Waals surface area (Å²) in [4.78, 5) is 34.2. The van der Waals surface area contributed by atoms with Gasteiger partial charge in [0.15, 0.2) is 0 Å². The molecule has 2 aliphatic carbocycles. The molecule has 3 aromatic rings. The number of anilines is 1. The smallest absolute Gasteiger partial charge is 0.226 e. The average molecular weight is 423 g/mol. The van der Waals surface area contributed by atoms with E-state index in [-0.39, 0.29) is 24.2 Å². The molecule has 2 atom stereocenters. The quantitative estimate of drug-likeness (QED) is 0.554. The second-order valence-corrected chi connectivity index (χ2v) is 9.53. The summed E-state index contributed by atoms with van der Waals surface area (Å²) < 4.78 is 0. The number of carbonyl (C=O) groups excluding carboxylic acids is 2. The predicted molar refractivity (Wildman–Crippen MR) is 120 cm³/mol. The summed E-state index contributed by atoms with van der Waals surface area (Å²) in [7, 11) is 0. The minimum atomic E-state index is -0.0740. The first-order valence-electron chi connectivity index (χ1n) is 10.8. The number of rotatable bonds is 6. The van der Waals surface area contributed by atoms with Gasteiger partial charge in [0, 0.05) is 23.8 Å². The molecule has 6 nitrogen and oxygen atoms in total. The van der Waals surface area contributed by atoms with Gasteiger partial charge in [0.25, 0.3) is 0 Å². The van der Waals surface area contributed by atoms with Gasteiger partial charge in [0.05, 0.1) is 16.6 Å². The van der Waals surface area contributed by atoms with Crippen molar-refractivity contribution >= 4 is 39.2 Å². The summed E-state index contributed by atoms with van der Waals surface area (Å²) in [5, 5.41) is 6.86. The Morgan fingerprint density at radius 1 is 1.23 bits per heavy atom. The third-order valence-electron chi connectivity index (χ3n) is 6.15. The zero-order valence-electron chi connectivity index (χ0n) is 17.1. The van der Waals surface area contributed by atoms with Crippen LogP contribution in [0.15, 0.2) is 24.3 Å². The Morgan fingerprint density at radius 3 is 2.83 bits per heavy atom. The van der Waals surface area contributed by atoms with Crippen LogP contribution in [-0.2, 0) is 22.4 Å². The number of amides is 2. The number of carbonyl (C=O) groups is 2. The average Bonchev–Trinajstić information content (AvgIpc) is 3.17. The Morgan fingerprint density at radius 2 is 2.03 bits per heavy atom. The lowest BCUT2D eigenvalue weighted by atomic mass is 9.95. The molecule has 2 heterocycles. The second kappa shape index (κ2) is 7.87. The summed E-state index contributed by atoms with van der Waals surface area (Å²) in [5.74, 6) is 1.43. The number of hydrogen-bond donors (Lipinski definition) is 3. The number of benzene rings is 1. The molecule has 0 bridgehead atoms. The Kier molecular flexibility index (Phi) is 5.06. The zero-order chi connectivity index (χ0) is 20.7. The van der Waals surface area contributed by atoms with Crippen molar-refractivity contribution in [2.45, 2.75) is 45.4 Å². The lowest BCUT2D eigenvalue weighted by Crippen LogP contribution is -2.29. The summed E-state index contributed by atoms with van der Waals surface area (Å²) in [6.07, 6.45) is 5.65. The molecule has 7 heteroatoms. The molecule has 5 rings (SSSR count). The predicted octanol–water partition coefficient (Wildman–Crippen LogP) is 4.27. The number of H-pyrrole nitrogens is 1. The van der Waals surface area contributed by atoms with E-state index in [1.165, 1.54) is 16.9 Å². The number of imidazole rings is 1. The van der Waals surface area contributed by atoms with Crippen molar-refractivity contribution in [1.29, 1.82) is 0 Å². The normalized spacial score (nSPS) is 20.0. The molecule has 30 heavy (non-hydrogen) atoms. The van der Waals surface area contributed by atoms with Gasteiger partial charge in [-0.15, -0.1) is 11.3 Å². The monoisotopic (exact) mass is 422 g/mol. The molecule has 2 amide bonds. The van der Waals surface area contributed by atoms with Gasteiger partial charge in [-0.1, -0.05) is 19.1 Å². The summed E-state index contributed by atoms with van der Waals surface area (Å²) in [6.45, 7) is 2.45. The minimum absolute atomic E-state index is 0.0739. The van der Waals surface area contributed by atoms with Crippen molar-refractivity contribution in [1.82, 2.24) is 15.3 Å². The van der Waals surface area contributed by atoms with E-state index in [1.54, 1.807) is 11.3 Å². The number of para-hydroxylation sites is 2. The topological polar surface area (TPSA) is 86.9 Å². The van der Waals surface area contributed by atoms with Crippen molar-refractivity contribution < 1.29 is 9.59 Å². The number of hydrogen-bond acceptors (Lipinski definition) is 4. The molecule has 0 saturated heterocycles. The van der Waals surface area contributed by atoms with E-state index in [2.05, 4.69) is 22.5 Å². The number of thiophene rings is 1. The highest BCUT2D eigenvalue weighted by molar-refractivity contribution is 7.17. The van der Waals surface area contributed by atoms with Gasteiger partial charge in [-0.05, 0) is 55.7 Å². The molecular weight excluding hydrogens is 396 g/mol. The summed E-state index contributed by atoms with van der Waals surface area (Å²) >= 11 is 1.67. The van der Waals surface area contributed by atoms with Crippen LogP contribution in [0.25, 0.3) is 22.4 Å². The molecule has 0 spiro atoms. The van der Waals surface area contributed by atoms with Crippen LogP contribution >= 0.6 is 11.3 Å². The lowest BCUT2D eigenvalue weighted by Gasteiger charge is -2.12. The van der Waals surface area contributed by atoms with Crippen LogP contribution in [0, 0.1) is 11.8 Å². The van der Waals surface area contributed by atoms with Gasteiger partial charge in [0.1, 0.15) is 10.8 Å². The van der Waals surface area contributed by atoms with Crippen LogP contribution in [0.5, 0.6) is 0 Å². The fourth-order valence-corrected chi connectivity index (χ4v) is 5.59. The molecule has 2 aromatic heterocycles. The van der Waals surface area contributed by atoms with E-state index in [1.807, 2.05) is 24.3 Å². The van der Waals surface area contributed by atoms with E-state index in [0.29, 0.717) is 12.5 Å². The standard InChI is InChI=1S/C23H26N4O2S/c1-13-12-15(13)22(29)24-11-10-19(28)27-23-20(14-6-2-5-9-18(14)30-23)21-25-16-7-3-4-8-17(16)26-21/h3-4,7-8,13,15H,2,5-6,9-12H2,1H3,(H,24,29)(H,25,26)(H,27,28). The molecule has 3 N–H and O–H groups in total. The number of nitrogens with zero attached hydrogens (tertiary/aromatic N) is 1. The van der Waals surface area contributed by atoms with Gasteiger partial charge in [0.2, 0.25) is 11.8 Å². The molecule has 1 fully saturated rings. The maximum absolute atomic E-state index is 12.6. The third-order valence-corrected chi connectivity index (χ3v) is 7.36. The zero-order valence-corrected chi connectivity index (χ0v) is 17.9. The highest BCUT2D eigenvalue weighted by Gasteiger charge is 2.38. The minimum Gasteiger partial charge on any atom is -0.355 e. The SMILES string of the molecule is CC1CC1C(=O)NCCC(=O)Nc1sc2c(c1-c1nc3ccccc3[nH]1)CCCC2. The Labute approximate surface area is 179 Å². The molecule has 0 radical (unpaired) electrons. The molecule has 1 aromatic carbocycles. The van der Waals surface area contributed by atoms with Gasteiger partial charge in [-0.25, -0.2) is 4.98 Å². The van der Waals surface area contributed by atoms with Gasteiger partial charge in [-0.3, -0.25) is 9.59 Å². The van der Waals surface area contributed by atoms with Gasteiger partial charge >= 0.3 is 0 Å². The van der Waals surface area contributed by atoms with E-state index in [0.717, 1.165) is 53.1 Å². The van der Waals surface area contributed by atoms with Gasteiger partial charge < -0.3 is 15.6 Å². The first-order valence-corrected chi connectivity index (χ1v) is 11.6. The number of fused-ring (bicyclic) bond motifs is 2. The van der Waals surface area contributed by atoms with Crippen molar-refractivity contribution in [3.8, 4) is 11.4 Å². The highest BCUT2D eigenvalue weighted by atomic mass is 32.1. The highest BCUT2D eigenvalue weighted by Crippen LogP contribution is 2.43. The second-order valence-electron chi connectivity index (χ2n) is 8.43. The first kappa shape index (κ1) is 19.3. The Hall–Kier alpha value is -2.67. The van der Waals surface area contributed by atoms with Crippen molar-refractivity contribution in [3.05, 3.63) is 34.7 Å². The molecule has 0 aliphatic heterocycles. The Balaban J connectivity index is 1.34. The fourth-order valence-electron chi connectivity index (χ4n) is 4.28. The van der Waals surface area contributed by atoms with Crippen LogP contribution in [-0.4, -0.2) is 28.3 Å². The molecular formula is C23H26N4O2S. The van der Waals surface area contributed by atoms with Crippen LogP contribution in [0.4, 0.5) is 5.00 Å². The van der Waals surface area contributed by atoms with E-state index < -0.39 is 0 Å². The number of nitrogens with one attached hydrogen (secondary N) is 3. The number of aromatic nitrogens is 2. The van der Waals surface area contributed by atoms with Crippen LogP contribution in [0.2, 0.25) is 0 Å². The van der Waals surface area contributed by atoms with E-state index in [9.17, 15) is 9.59 Å². The van der Waals surface area contributed by atoms with Crippen LogP contribution in [0.1, 0.15) is 43.0 Å². The number of aromatic amines is 1. The Bertz CT molecular complexity index is 1080. The molecule has 156 valence electrons. The van der Waals surface area contributed by atoms with E-state index in [4.69, 9.17) is 4.98 Å². The fraction of sp³-hybridized carbons (Fsp3) is 0.435. The van der Waals surface area contributed by atoms with Gasteiger partial charge in [-0.2, -0.15) is 0 Å². The molecule has 1 saturated carbocycles. The summed E-state index contributed by atoms with van der Waals surface area (Å²) in [6, 6.07) is 7.99. The first-order chi connectivity index (χ1) is 14.6. The van der Waals surface area contributed by atoms with Crippen LogP contribution in [0.3, 0.4) is 0 Å². The lowest BCUT2D eigenvalue weighted by molar-refractivity contribution is -0.122. The third kappa shape index (κ3) is 3.74. The summed E-state index contributed by atoms with van der Waals surface area (Å²) in [5.41, 5.74) is 4.28. The maximum atomic E-state index is 12.6. The number of aryl methyl sites for hydroxylation is 1. The largest absolute Gasteiger partial charge is 0.355 e. The maximum Gasteiger partial charge on any atom is 0.226 e. The van der Waals surface area contributed by atoms with Crippen molar-refractivity contribution in [3.63, 3.8) is 0 Å².